The van der Waals surface area contributed by atoms with Gasteiger partial charge in [0.25, 0.3) is 11.5 Å². The van der Waals surface area contributed by atoms with Gasteiger partial charge in [0.1, 0.15) is 5.65 Å². The molecule has 0 fully saturated rings. The quantitative estimate of drug-likeness (QED) is 0.310. The molecule has 4 aromatic rings. The van der Waals surface area contributed by atoms with Crippen molar-refractivity contribution in [3.63, 3.8) is 0 Å². The van der Waals surface area contributed by atoms with E-state index in [9.17, 15) is 22.8 Å². The van der Waals surface area contributed by atoms with E-state index in [-0.39, 0.29) is 40.0 Å². The molecule has 12 heteroatoms. The van der Waals surface area contributed by atoms with Crippen molar-refractivity contribution in [2.75, 3.05) is 12.4 Å². The Bertz CT molecular complexity index is 1570. The van der Waals surface area contributed by atoms with Gasteiger partial charge in [-0.3, -0.25) is 9.59 Å². The first kappa shape index (κ1) is 25.7. The number of ether oxygens (including phenoxy) is 1. The molecule has 2 aromatic carbocycles. The van der Waals surface area contributed by atoms with Crippen molar-refractivity contribution in [1.82, 2.24) is 20.3 Å². The number of halogens is 4. The number of methoxy groups -OCH3 is 1. The zero-order valence-electron chi connectivity index (χ0n) is 19.2. The van der Waals surface area contributed by atoms with Crippen molar-refractivity contribution in [3.05, 3.63) is 98.9 Å². The molecular formula is C25H19ClF3N5O3. The molecule has 2 heterocycles. The predicted molar refractivity (Wildman–Crippen MR) is 133 cm³/mol. The molecule has 0 aliphatic rings. The average molecular weight is 530 g/mol. The minimum atomic E-state index is -4.48. The topological polar surface area (TPSA) is 109 Å². The van der Waals surface area contributed by atoms with E-state index < -0.39 is 23.2 Å². The second-order valence-corrected chi connectivity index (χ2v) is 8.26. The number of rotatable bonds is 7. The van der Waals surface area contributed by atoms with Gasteiger partial charge >= 0.3 is 12.2 Å². The molecule has 2 aromatic heterocycles. The van der Waals surface area contributed by atoms with Crippen LogP contribution in [-0.4, -0.2) is 28.0 Å². The lowest BCUT2D eigenvalue weighted by molar-refractivity contribution is -0.137. The van der Waals surface area contributed by atoms with Gasteiger partial charge in [-0.1, -0.05) is 30.3 Å². The van der Waals surface area contributed by atoms with E-state index in [0.29, 0.717) is 16.6 Å². The Morgan fingerprint density at radius 2 is 1.97 bits per heavy atom. The number of hydrogen-bond acceptors (Lipinski definition) is 6. The zero-order valence-corrected chi connectivity index (χ0v) is 20.0. The molecule has 0 unspecified atom stereocenters. The number of H-pyrrole nitrogens is 1. The molecule has 0 aliphatic carbocycles. The number of aromatic amines is 1. The third kappa shape index (κ3) is 5.89. The first-order chi connectivity index (χ1) is 17.5. The van der Waals surface area contributed by atoms with Gasteiger partial charge in [-0.15, -0.1) is 0 Å². The number of nitrogens with zero attached hydrogens (tertiary/aromatic N) is 2. The van der Waals surface area contributed by atoms with Crippen LogP contribution in [-0.2, 0) is 12.7 Å². The molecule has 0 spiro atoms. The summed E-state index contributed by atoms with van der Waals surface area (Å²) in [6, 6.07) is 10.7. The Morgan fingerprint density at radius 1 is 1.19 bits per heavy atom. The van der Waals surface area contributed by atoms with Crippen LogP contribution in [0.3, 0.4) is 0 Å². The molecule has 0 atom stereocenters. The van der Waals surface area contributed by atoms with Gasteiger partial charge in [0, 0.05) is 29.4 Å². The van der Waals surface area contributed by atoms with E-state index in [4.69, 9.17) is 16.3 Å². The van der Waals surface area contributed by atoms with Crippen LogP contribution in [0.2, 0.25) is 5.02 Å². The van der Waals surface area contributed by atoms with Crippen LogP contribution < -0.4 is 20.9 Å². The number of benzene rings is 2. The summed E-state index contributed by atoms with van der Waals surface area (Å²) in [6.45, 7) is 3.78. The lowest BCUT2D eigenvalue weighted by atomic mass is 10.1. The number of aromatic nitrogens is 3. The molecule has 0 bridgehead atoms. The SMILES string of the molecule is C=C(Nc1cc(C(=O)NCc2cccc(C(F)(F)F)c2)ccc1Cl)c1cc2cnc(OC)nc2[nH]c1=O. The molecule has 0 radical (unpaired) electrons. The maximum Gasteiger partial charge on any atom is 0.416 e. The Morgan fingerprint density at radius 3 is 2.70 bits per heavy atom. The maximum atomic E-state index is 12.9. The van der Waals surface area contributed by atoms with Crippen LogP contribution in [0.25, 0.3) is 16.7 Å². The van der Waals surface area contributed by atoms with E-state index in [1.165, 1.54) is 43.6 Å². The standard InChI is InChI=1S/C25H19ClF3N5O3/c1-13(18-9-16-12-31-24(37-2)34-21(16)33-23(18)36)32-20-10-15(6-7-19(20)26)22(35)30-11-14-4-3-5-17(8-14)25(27,28)29/h3-10,12,32H,1,11H2,2H3,(H,30,35)(H,31,33,34,36). The van der Waals surface area contributed by atoms with Crippen LogP contribution in [0.1, 0.15) is 27.0 Å². The predicted octanol–water partition coefficient (Wildman–Crippen LogP) is 5.01. The molecule has 4 rings (SSSR count). The van der Waals surface area contributed by atoms with Gasteiger partial charge in [-0.2, -0.15) is 18.2 Å². The lowest BCUT2D eigenvalue weighted by Gasteiger charge is -2.13. The number of carbonyl (C=O) groups excluding carboxylic acids is 1. The Labute approximate surface area is 213 Å². The van der Waals surface area contributed by atoms with Gasteiger partial charge in [0.05, 0.1) is 28.9 Å². The molecule has 0 saturated heterocycles. The number of nitrogens with one attached hydrogen (secondary N) is 3. The lowest BCUT2D eigenvalue weighted by Crippen LogP contribution is -2.23. The summed E-state index contributed by atoms with van der Waals surface area (Å²) in [5.74, 6) is -0.530. The summed E-state index contributed by atoms with van der Waals surface area (Å²) in [7, 11) is 1.41. The fraction of sp³-hybridized carbons (Fsp3) is 0.120. The zero-order chi connectivity index (χ0) is 26.7. The first-order valence-corrected chi connectivity index (χ1v) is 11.1. The molecule has 3 N–H and O–H groups in total. The highest BCUT2D eigenvalue weighted by molar-refractivity contribution is 6.33. The van der Waals surface area contributed by atoms with Gasteiger partial charge in [0.2, 0.25) is 0 Å². The van der Waals surface area contributed by atoms with Crippen LogP contribution in [0.15, 0.2) is 66.1 Å². The summed E-state index contributed by atoms with van der Waals surface area (Å²) >= 11 is 6.27. The smallest absolute Gasteiger partial charge is 0.416 e. The number of fused-ring (bicyclic) bond motifs is 1. The van der Waals surface area contributed by atoms with E-state index in [2.05, 4.69) is 32.2 Å². The number of carbonyl (C=O) groups is 1. The van der Waals surface area contributed by atoms with Crippen LogP contribution in [0.4, 0.5) is 18.9 Å². The van der Waals surface area contributed by atoms with Gasteiger partial charge < -0.3 is 20.4 Å². The van der Waals surface area contributed by atoms with Crippen molar-refractivity contribution < 1.29 is 22.7 Å². The van der Waals surface area contributed by atoms with E-state index in [1.807, 2.05) is 0 Å². The number of anilines is 1. The summed E-state index contributed by atoms with van der Waals surface area (Å²) in [5, 5.41) is 6.30. The monoisotopic (exact) mass is 529 g/mol. The molecular weight excluding hydrogens is 511 g/mol. The fourth-order valence-electron chi connectivity index (χ4n) is 3.43. The largest absolute Gasteiger partial charge is 0.467 e. The maximum absolute atomic E-state index is 12.9. The third-order valence-corrected chi connectivity index (χ3v) is 5.63. The summed E-state index contributed by atoms with van der Waals surface area (Å²) < 4.78 is 43.7. The summed E-state index contributed by atoms with van der Waals surface area (Å²) in [5.41, 5.74) is 0.177. The van der Waals surface area contributed by atoms with Crippen LogP contribution in [0.5, 0.6) is 6.01 Å². The van der Waals surface area contributed by atoms with Crippen molar-refractivity contribution >= 4 is 39.9 Å². The third-order valence-electron chi connectivity index (χ3n) is 5.30. The highest BCUT2D eigenvalue weighted by atomic mass is 35.5. The molecule has 0 saturated carbocycles. The highest BCUT2D eigenvalue weighted by Gasteiger charge is 2.30. The number of hydrogen-bond donors (Lipinski definition) is 3. The number of alkyl halides is 3. The van der Waals surface area contributed by atoms with E-state index in [1.54, 1.807) is 6.07 Å². The number of amides is 1. The van der Waals surface area contributed by atoms with Gasteiger partial charge in [0.15, 0.2) is 0 Å². The normalized spacial score (nSPS) is 11.3. The van der Waals surface area contributed by atoms with E-state index >= 15 is 0 Å². The van der Waals surface area contributed by atoms with Crippen molar-refractivity contribution in [2.24, 2.45) is 0 Å². The molecule has 8 nitrogen and oxygen atoms in total. The van der Waals surface area contributed by atoms with Crippen LogP contribution in [0, 0.1) is 0 Å². The Balaban J connectivity index is 1.50. The van der Waals surface area contributed by atoms with Gasteiger partial charge in [-0.05, 0) is 42.0 Å². The van der Waals surface area contributed by atoms with E-state index in [0.717, 1.165) is 12.1 Å². The molecule has 37 heavy (non-hydrogen) atoms. The van der Waals surface area contributed by atoms with Crippen molar-refractivity contribution in [2.45, 2.75) is 12.7 Å². The molecule has 190 valence electrons. The Kier molecular flexibility index (Phi) is 7.16. The molecule has 0 aliphatic heterocycles. The fourth-order valence-corrected chi connectivity index (χ4v) is 3.60. The highest BCUT2D eigenvalue weighted by Crippen LogP contribution is 2.30. The second-order valence-electron chi connectivity index (χ2n) is 7.85. The van der Waals surface area contributed by atoms with Crippen LogP contribution >= 0.6 is 11.6 Å². The summed E-state index contributed by atoms with van der Waals surface area (Å²) in [4.78, 5) is 36.0. The first-order valence-electron chi connectivity index (χ1n) is 10.7. The summed E-state index contributed by atoms with van der Waals surface area (Å²) in [6.07, 6.45) is -3.00. The van der Waals surface area contributed by atoms with Crippen molar-refractivity contribution in [3.8, 4) is 6.01 Å². The molecule has 1 amide bonds. The van der Waals surface area contributed by atoms with Gasteiger partial charge in [-0.25, -0.2) is 4.98 Å². The Hall–Kier alpha value is -4.38. The van der Waals surface area contributed by atoms with Crippen molar-refractivity contribution in [1.29, 1.82) is 0 Å². The minimum absolute atomic E-state index is 0.0998. The second kappa shape index (κ2) is 10.3. The number of pyridine rings is 1. The average Bonchev–Trinajstić information content (AvgIpc) is 2.87. The minimum Gasteiger partial charge on any atom is -0.467 e.